The molecular weight excluding hydrogens is 336 g/mol. The molecule has 6 nitrogen and oxygen atoms in total. The molecule has 1 aliphatic heterocycles. The number of halogens is 1. The minimum Gasteiger partial charge on any atom is -0.304 e. The van der Waals surface area contributed by atoms with Crippen molar-refractivity contribution in [1.29, 1.82) is 0 Å². The van der Waals surface area contributed by atoms with E-state index in [1.54, 1.807) is 9.58 Å². The molecule has 2 fully saturated rings. The summed E-state index contributed by atoms with van der Waals surface area (Å²) in [6, 6.07) is -0.285. The molecule has 1 aromatic heterocycles. The summed E-state index contributed by atoms with van der Waals surface area (Å²) in [7, 11) is 1.86. The predicted octanol–water partition coefficient (Wildman–Crippen LogP) is 2.25. The van der Waals surface area contributed by atoms with Crippen LogP contribution in [0.1, 0.15) is 43.5 Å². The second-order valence-corrected chi connectivity index (χ2v) is 6.70. The van der Waals surface area contributed by atoms with E-state index < -0.39 is 5.54 Å². The monoisotopic (exact) mass is 354 g/mol. The van der Waals surface area contributed by atoms with Crippen LogP contribution in [0.2, 0.25) is 0 Å². The molecule has 7 heteroatoms. The maximum absolute atomic E-state index is 12.3. The summed E-state index contributed by atoms with van der Waals surface area (Å²) >= 11 is 3.53. The van der Waals surface area contributed by atoms with Crippen LogP contribution in [-0.2, 0) is 18.4 Å². The fraction of sp³-hybridized carbons (Fsp3) is 0.643. The number of rotatable bonds is 2. The average molecular weight is 355 g/mol. The van der Waals surface area contributed by atoms with Crippen molar-refractivity contribution >= 4 is 27.9 Å². The van der Waals surface area contributed by atoms with Gasteiger partial charge in [0.15, 0.2) is 0 Å². The number of carbonyl (C=O) groups is 2. The molecule has 2 heterocycles. The van der Waals surface area contributed by atoms with Gasteiger partial charge in [-0.1, -0.05) is 19.3 Å². The largest absolute Gasteiger partial charge is 0.325 e. The predicted molar refractivity (Wildman–Crippen MR) is 80.5 cm³/mol. The van der Waals surface area contributed by atoms with Crippen molar-refractivity contribution in [2.24, 2.45) is 7.05 Å². The Bertz CT molecular complexity index is 604. The van der Waals surface area contributed by atoms with Gasteiger partial charge in [-0.2, -0.15) is 5.10 Å². The topological polar surface area (TPSA) is 67.2 Å². The summed E-state index contributed by atoms with van der Waals surface area (Å²) in [5.74, 6) is -0.137. The first-order valence-electron chi connectivity index (χ1n) is 7.27. The van der Waals surface area contributed by atoms with Crippen LogP contribution >= 0.6 is 15.9 Å². The number of hydrogen-bond acceptors (Lipinski definition) is 3. The Hall–Kier alpha value is -1.37. The fourth-order valence-corrected chi connectivity index (χ4v) is 3.92. The molecule has 0 atom stereocenters. The van der Waals surface area contributed by atoms with E-state index in [1.807, 2.05) is 14.0 Å². The van der Waals surface area contributed by atoms with Crippen molar-refractivity contribution in [3.05, 3.63) is 15.9 Å². The van der Waals surface area contributed by atoms with Crippen molar-refractivity contribution < 1.29 is 9.59 Å². The summed E-state index contributed by atoms with van der Waals surface area (Å²) in [6.45, 7) is 2.31. The maximum Gasteiger partial charge on any atom is 0.325 e. The lowest BCUT2D eigenvalue weighted by atomic mass is 9.80. The first kappa shape index (κ1) is 14.6. The highest BCUT2D eigenvalue weighted by molar-refractivity contribution is 9.10. The molecule has 1 N–H and O–H groups in total. The molecule has 0 aromatic carbocycles. The van der Waals surface area contributed by atoms with Crippen LogP contribution in [0.25, 0.3) is 0 Å². The highest BCUT2D eigenvalue weighted by Crippen LogP contribution is 2.38. The third kappa shape index (κ3) is 2.18. The Morgan fingerprint density at radius 1 is 1.29 bits per heavy atom. The van der Waals surface area contributed by atoms with Gasteiger partial charge in [-0.05, 0) is 35.7 Å². The van der Waals surface area contributed by atoms with E-state index in [0.29, 0.717) is 6.54 Å². The van der Waals surface area contributed by atoms with Gasteiger partial charge in [0.2, 0.25) is 0 Å². The standard InChI is InChI=1S/C14H19BrN4O2/c1-9-11(15)10(18(2)17-9)8-19-13(21)16-12(20)14(19)6-4-3-5-7-14/h3-8H2,1-2H3,(H,16,20,21). The summed E-state index contributed by atoms with van der Waals surface area (Å²) in [5.41, 5.74) is 1.14. The zero-order valence-corrected chi connectivity index (χ0v) is 13.9. The van der Waals surface area contributed by atoms with Gasteiger partial charge in [0, 0.05) is 7.05 Å². The molecule has 1 saturated carbocycles. The lowest BCUT2D eigenvalue weighted by Gasteiger charge is -2.38. The van der Waals surface area contributed by atoms with Crippen LogP contribution in [0.3, 0.4) is 0 Å². The number of hydrogen-bond donors (Lipinski definition) is 1. The van der Waals surface area contributed by atoms with Crippen LogP contribution < -0.4 is 5.32 Å². The van der Waals surface area contributed by atoms with Crippen LogP contribution in [-0.4, -0.2) is 32.2 Å². The number of aromatic nitrogens is 2. The molecule has 114 valence electrons. The Labute approximate surface area is 132 Å². The zero-order valence-electron chi connectivity index (χ0n) is 12.3. The Kier molecular flexibility index (Phi) is 3.55. The molecule has 0 radical (unpaired) electrons. The molecule has 1 spiro atoms. The van der Waals surface area contributed by atoms with Crippen molar-refractivity contribution in [3.63, 3.8) is 0 Å². The molecule has 1 aliphatic carbocycles. The van der Waals surface area contributed by atoms with E-state index in [-0.39, 0.29) is 11.9 Å². The van der Waals surface area contributed by atoms with Crippen molar-refractivity contribution in [1.82, 2.24) is 20.0 Å². The van der Waals surface area contributed by atoms with Crippen LogP contribution in [0, 0.1) is 6.92 Å². The number of imide groups is 1. The Balaban J connectivity index is 1.95. The SMILES string of the molecule is Cc1nn(C)c(CN2C(=O)NC(=O)C23CCCCC3)c1Br. The van der Waals surface area contributed by atoms with Gasteiger partial charge >= 0.3 is 6.03 Å². The van der Waals surface area contributed by atoms with E-state index in [2.05, 4.69) is 26.3 Å². The van der Waals surface area contributed by atoms with E-state index >= 15 is 0 Å². The Morgan fingerprint density at radius 3 is 2.52 bits per heavy atom. The van der Waals surface area contributed by atoms with Crippen LogP contribution in [0.4, 0.5) is 4.79 Å². The van der Waals surface area contributed by atoms with Crippen molar-refractivity contribution in [2.45, 2.75) is 51.1 Å². The van der Waals surface area contributed by atoms with E-state index in [4.69, 9.17) is 0 Å². The van der Waals surface area contributed by atoms with Gasteiger partial charge in [0.05, 0.1) is 22.4 Å². The van der Waals surface area contributed by atoms with Gasteiger partial charge in [-0.3, -0.25) is 14.8 Å². The molecule has 1 saturated heterocycles. The smallest absolute Gasteiger partial charge is 0.304 e. The second kappa shape index (κ2) is 5.12. The van der Waals surface area contributed by atoms with E-state index in [9.17, 15) is 9.59 Å². The molecule has 0 unspecified atom stereocenters. The summed E-state index contributed by atoms with van der Waals surface area (Å²) in [5, 5.41) is 6.85. The lowest BCUT2D eigenvalue weighted by molar-refractivity contribution is -0.128. The third-order valence-electron chi connectivity index (χ3n) is 4.66. The minimum atomic E-state index is -0.660. The van der Waals surface area contributed by atoms with E-state index in [0.717, 1.165) is 48.0 Å². The zero-order chi connectivity index (χ0) is 15.2. The number of carbonyl (C=O) groups excluding carboxylic acids is 2. The van der Waals surface area contributed by atoms with Crippen molar-refractivity contribution in [3.8, 4) is 0 Å². The van der Waals surface area contributed by atoms with Gasteiger partial charge in [0.25, 0.3) is 5.91 Å². The van der Waals surface area contributed by atoms with Gasteiger partial charge < -0.3 is 4.90 Å². The fourth-order valence-electron chi connectivity index (χ4n) is 3.46. The maximum atomic E-state index is 12.3. The highest BCUT2D eigenvalue weighted by atomic mass is 79.9. The lowest BCUT2D eigenvalue weighted by Crippen LogP contribution is -2.50. The molecule has 21 heavy (non-hydrogen) atoms. The van der Waals surface area contributed by atoms with Gasteiger partial charge in [-0.25, -0.2) is 4.79 Å². The molecule has 2 aliphatic rings. The summed E-state index contributed by atoms with van der Waals surface area (Å²) < 4.78 is 2.68. The number of urea groups is 1. The minimum absolute atomic E-state index is 0.137. The quantitative estimate of drug-likeness (QED) is 0.828. The van der Waals surface area contributed by atoms with Crippen LogP contribution in [0.15, 0.2) is 4.47 Å². The Morgan fingerprint density at radius 2 is 1.95 bits per heavy atom. The third-order valence-corrected chi connectivity index (χ3v) is 5.69. The summed E-state index contributed by atoms with van der Waals surface area (Å²) in [6.07, 6.45) is 4.61. The van der Waals surface area contributed by atoms with Gasteiger partial charge in [0.1, 0.15) is 5.54 Å². The first-order valence-corrected chi connectivity index (χ1v) is 8.06. The number of nitrogens with zero attached hydrogens (tertiary/aromatic N) is 3. The first-order chi connectivity index (χ1) is 9.95. The number of amides is 3. The normalized spacial score (nSPS) is 21.2. The molecule has 0 bridgehead atoms. The van der Waals surface area contributed by atoms with Gasteiger partial charge in [-0.15, -0.1) is 0 Å². The number of aryl methyl sites for hydroxylation is 2. The summed E-state index contributed by atoms with van der Waals surface area (Å²) in [4.78, 5) is 26.3. The highest BCUT2D eigenvalue weighted by Gasteiger charge is 2.53. The average Bonchev–Trinajstić information content (AvgIpc) is 2.82. The second-order valence-electron chi connectivity index (χ2n) is 5.91. The molecular formula is C14H19BrN4O2. The van der Waals surface area contributed by atoms with E-state index in [1.165, 1.54) is 0 Å². The van der Waals surface area contributed by atoms with Crippen molar-refractivity contribution in [2.75, 3.05) is 0 Å². The van der Waals surface area contributed by atoms with Crippen LogP contribution in [0.5, 0.6) is 0 Å². The number of nitrogens with one attached hydrogen (secondary N) is 1. The molecule has 1 aromatic rings. The molecule has 3 amide bonds. The molecule has 3 rings (SSSR count).